The van der Waals surface area contributed by atoms with Crippen LogP contribution in [0.5, 0.6) is 0 Å². The lowest BCUT2D eigenvalue weighted by Crippen LogP contribution is -2.22. The van der Waals surface area contributed by atoms with Crippen molar-refractivity contribution in [3.8, 4) is 0 Å². The van der Waals surface area contributed by atoms with Crippen molar-refractivity contribution in [2.75, 3.05) is 20.2 Å². The number of unbranched alkanes of at least 4 members (excludes halogenated alkanes) is 15. The van der Waals surface area contributed by atoms with Crippen molar-refractivity contribution in [2.45, 2.75) is 149 Å². The molecule has 0 amide bonds. The first-order valence-corrected chi connectivity index (χ1v) is 19.0. The molecular weight excluding hydrogens is 589 g/mol. The van der Waals surface area contributed by atoms with E-state index in [0.29, 0.717) is 6.61 Å². The molecule has 2 aromatic heterocycles. The van der Waals surface area contributed by atoms with Crippen LogP contribution in [0.2, 0.25) is 0 Å². The Kier molecular flexibility index (Phi) is 21.4. The van der Waals surface area contributed by atoms with Gasteiger partial charge in [-0.3, -0.25) is 9.78 Å². The Labute approximate surface area is 285 Å². The first kappa shape index (κ1) is 39.8. The third kappa shape index (κ3) is 18.1. The summed E-state index contributed by atoms with van der Waals surface area (Å²) in [7, 11) is 1.93. The summed E-state index contributed by atoms with van der Waals surface area (Å²) >= 11 is 1.56. The number of carbonyl (C=O) groups excluding carboxylic acids is 1. The van der Waals surface area contributed by atoms with Crippen LogP contribution < -0.4 is 0 Å². The summed E-state index contributed by atoms with van der Waals surface area (Å²) in [6.45, 7) is 12.4. The number of pyridine rings is 1. The highest BCUT2D eigenvalue weighted by molar-refractivity contribution is 7.97. The predicted octanol–water partition coefficient (Wildman–Crippen LogP) is 11.2. The normalized spacial score (nSPS) is 11.3. The van der Waals surface area contributed by atoms with Crippen molar-refractivity contribution in [3.05, 3.63) is 54.1 Å². The Hall–Kier alpha value is -2.38. The maximum absolute atomic E-state index is 12.3. The van der Waals surface area contributed by atoms with E-state index in [0.717, 1.165) is 47.1 Å². The Morgan fingerprint density at radius 3 is 1.89 bits per heavy atom. The molecule has 1 aromatic carbocycles. The summed E-state index contributed by atoms with van der Waals surface area (Å²) in [5, 5.41) is 0. The third-order valence-corrected chi connectivity index (χ3v) is 8.80. The van der Waals surface area contributed by atoms with Crippen LogP contribution in [0.4, 0.5) is 0 Å². The topological polar surface area (TPSA) is 60.2 Å². The Balaban J connectivity index is 0.00000173. The Morgan fingerprint density at radius 1 is 0.826 bits per heavy atom. The number of esters is 1. The van der Waals surface area contributed by atoms with Crippen molar-refractivity contribution in [1.82, 2.24) is 18.8 Å². The third-order valence-electron chi connectivity index (χ3n) is 7.88. The van der Waals surface area contributed by atoms with Gasteiger partial charge in [-0.15, -0.1) is 0 Å². The molecule has 0 aliphatic heterocycles. The molecule has 258 valence electrons. The minimum Gasteiger partial charge on any atom is -0.465 e. The number of benzene rings is 1. The van der Waals surface area contributed by atoms with Crippen LogP contribution in [-0.2, 0) is 16.1 Å². The zero-order valence-corrected chi connectivity index (χ0v) is 30.9. The summed E-state index contributed by atoms with van der Waals surface area (Å²) in [5.41, 5.74) is 3.23. The number of nitrogens with zero attached hydrogens (tertiary/aromatic N) is 4. The van der Waals surface area contributed by atoms with Gasteiger partial charge in [0.05, 0.1) is 18.3 Å². The van der Waals surface area contributed by atoms with Crippen molar-refractivity contribution in [3.63, 3.8) is 0 Å². The number of carbonyl (C=O) groups is 1. The first-order chi connectivity index (χ1) is 22.3. The van der Waals surface area contributed by atoms with Gasteiger partial charge in [0.2, 0.25) is 0 Å². The number of aryl methyl sites for hydroxylation is 1. The lowest BCUT2D eigenvalue weighted by atomic mass is 10.0. The number of fused-ring (bicyclic) bond motifs is 1. The molecule has 0 N–H and O–H groups in total. The largest absolute Gasteiger partial charge is 0.465 e. The van der Waals surface area contributed by atoms with Gasteiger partial charge in [-0.05, 0) is 62.0 Å². The van der Waals surface area contributed by atoms with E-state index in [-0.39, 0.29) is 12.5 Å². The van der Waals surface area contributed by atoms with Gasteiger partial charge in [0, 0.05) is 17.6 Å². The average Bonchev–Trinajstić information content (AvgIpc) is 3.33. The SMILES string of the molecule is CC(C)C.CCCCCCCCCCCCCCCCCCOC(=O)CN(C)Sc1ccc(Cn2c(C)nc3cnccc32)cc1. The summed E-state index contributed by atoms with van der Waals surface area (Å²) in [5.74, 6) is 1.66. The van der Waals surface area contributed by atoms with E-state index < -0.39 is 0 Å². The number of rotatable bonds is 23. The number of hydrogen-bond acceptors (Lipinski definition) is 6. The maximum Gasteiger partial charge on any atom is 0.321 e. The fourth-order valence-electron chi connectivity index (χ4n) is 5.42. The summed E-state index contributed by atoms with van der Waals surface area (Å²) in [4.78, 5) is 22.2. The zero-order valence-electron chi connectivity index (χ0n) is 30.1. The van der Waals surface area contributed by atoms with Gasteiger partial charge in [-0.25, -0.2) is 9.29 Å². The number of likely N-dealkylation sites (N-methyl/N-ethyl adjacent to an activating group) is 1. The van der Waals surface area contributed by atoms with Crippen LogP contribution in [0, 0.1) is 12.8 Å². The van der Waals surface area contributed by atoms with Gasteiger partial charge < -0.3 is 9.30 Å². The first-order valence-electron chi connectivity index (χ1n) is 18.2. The fraction of sp³-hybridized carbons (Fsp3) is 0.667. The molecule has 0 unspecified atom stereocenters. The van der Waals surface area contributed by atoms with Gasteiger partial charge in [0.25, 0.3) is 0 Å². The lowest BCUT2D eigenvalue weighted by Gasteiger charge is -2.15. The minimum atomic E-state index is -0.153. The summed E-state index contributed by atoms with van der Waals surface area (Å²) in [6, 6.07) is 10.5. The van der Waals surface area contributed by atoms with E-state index in [1.165, 1.54) is 95.5 Å². The number of hydrogen-bond donors (Lipinski definition) is 0. The number of ether oxygens (including phenoxy) is 1. The monoisotopic (exact) mass is 652 g/mol. The smallest absolute Gasteiger partial charge is 0.321 e. The number of imidazole rings is 1. The van der Waals surface area contributed by atoms with Crippen molar-refractivity contribution >= 4 is 29.0 Å². The van der Waals surface area contributed by atoms with Crippen LogP contribution in [0.25, 0.3) is 11.0 Å². The van der Waals surface area contributed by atoms with E-state index in [2.05, 4.69) is 66.5 Å². The summed E-state index contributed by atoms with van der Waals surface area (Å²) in [6.07, 6.45) is 25.1. The van der Waals surface area contributed by atoms with Gasteiger partial charge >= 0.3 is 5.97 Å². The molecular formula is C39H64N4O2S. The van der Waals surface area contributed by atoms with Crippen LogP contribution in [-0.4, -0.2) is 45.0 Å². The molecule has 0 fully saturated rings. The predicted molar refractivity (Wildman–Crippen MR) is 197 cm³/mol. The van der Waals surface area contributed by atoms with Crippen LogP contribution in [0.15, 0.2) is 47.6 Å². The van der Waals surface area contributed by atoms with Crippen LogP contribution in [0.1, 0.15) is 142 Å². The number of aromatic nitrogens is 3. The maximum atomic E-state index is 12.3. The molecule has 0 saturated heterocycles. The summed E-state index contributed by atoms with van der Waals surface area (Å²) < 4.78 is 9.63. The molecule has 3 rings (SSSR count). The quantitative estimate of drug-likeness (QED) is 0.0577. The highest BCUT2D eigenvalue weighted by atomic mass is 32.2. The van der Waals surface area contributed by atoms with E-state index in [1.807, 2.05) is 30.5 Å². The molecule has 0 atom stereocenters. The molecule has 6 nitrogen and oxygen atoms in total. The van der Waals surface area contributed by atoms with E-state index >= 15 is 0 Å². The van der Waals surface area contributed by atoms with Gasteiger partial charge in [-0.1, -0.05) is 136 Å². The highest BCUT2D eigenvalue weighted by Gasteiger charge is 2.11. The molecule has 0 bridgehead atoms. The highest BCUT2D eigenvalue weighted by Crippen LogP contribution is 2.23. The molecule has 0 saturated carbocycles. The zero-order chi connectivity index (χ0) is 33.4. The molecule has 0 aliphatic rings. The van der Waals surface area contributed by atoms with Crippen LogP contribution in [0.3, 0.4) is 0 Å². The molecule has 46 heavy (non-hydrogen) atoms. The van der Waals surface area contributed by atoms with Gasteiger partial charge in [0.15, 0.2) is 0 Å². The average molecular weight is 653 g/mol. The van der Waals surface area contributed by atoms with E-state index in [1.54, 1.807) is 18.1 Å². The van der Waals surface area contributed by atoms with Gasteiger partial charge in [-0.2, -0.15) is 0 Å². The van der Waals surface area contributed by atoms with Crippen LogP contribution >= 0.6 is 11.9 Å². The molecule has 3 aromatic rings. The van der Waals surface area contributed by atoms with E-state index in [4.69, 9.17) is 4.74 Å². The molecule has 2 heterocycles. The Bertz CT molecular complexity index is 1190. The molecule has 0 spiro atoms. The standard InChI is InChI=1S/C35H54N4O2S.C4H10/c1-4-5-6-7-8-9-10-11-12-13-14-15-16-17-18-19-26-41-35(40)29-38(3)42-32-22-20-31(21-23-32)28-39-30(2)37-33-27-36-25-24-34(33)39;1-4(2)3/h20-25,27H,4-19,26,28-29H2,1-3H3;4H,1-3H3. The van der Waals surface area contributed by atoms with Crippen molar-refractivity contribution in [1.29, 1.82) is 0 Å². The lowest BCUT2D eigenvalue weighted by molar-refractivity contribution is -0.143. The second kappa shape index (κ2) is 24.7. The van der Waals surface area contributed by atoms with Gasteiger partial charge in [0.1, 0.15) is 17.9 Å². The Morgan fingerprint density at radius 2 is 1.35 bits per heavy atom. The van der Waals surface area contributed by atoms with E-state index in [9.17, 15) is 4.79 Å². The molecule has 0 aliphatic carbocycles. The fourth-order valence-corrected chi connectivity index (χ4v) is 6.20. The second-order valence-electron chi connectivity index (χ2n) is 13.4. The minimum absolute atomic E-state index is 0.153. The van der Waals surface area contributed by atoms with Crippen molar-refractivity contribution in [2.24, 2.45) is 5.92 Å². The van der Waals surface area contributed by atoms with Crippen molar-refractivity contribution < 1.29 is 9.53 Å². The molecule has 7 heteroatoms. The second-order valence-corrected chi connectivity index (χ2v) is 14.7. The molecule has 0 radical (unpaired) electrons.